The molecule has 3 heteroatoms. The first kappa shape index (κ1) is 11.5. The molecule has 0 radical (unpaired) electrons. The lowest BCUT2D eigenvalue weighted by atomic mass is 9.77. The van der Waals surface area contributed by atoms with Crippen molar-refractivity contribution in [2.75, 3.05) is 19.6 Å². The van der Waals surface area contributed by atoms with Gasteiger partial charge in [-0.15, -0.1) is 0 Å². The highest BCUT2D eigenvalue weighted by Crippen LogP contribution is 2.47. The van der Waals surface area contributed by atoms with Gasteiger partial charge in [-0.1, -0.05) is 0 Å². The molecule has 1 atom stereocenters. The lowest BCUT2D eigenvalue weighted by molar-refractivity contribution is -0.125. The van der Waals surface area contributed by atoms with E-state index in [1.54, 1.807) is 0 Å². The number of rotatable bonds is 3. The predicted molar refractivity (Wildman–Crippen MR) is 67.6 cm³/mol. The molecule has 0 aromatic heterocycles. The second-order valence-electron chi connectivity index (χ2n) is 6.38. The van der Waals surface area contributed by atoms with Crippen molar-refractivity contribution in [3.8, 4) is 0 Å². The minimum Gasteiger partial charge on any atom is -0.356 e. The first-order chi connectivity index (χ1) is 8.27. The van der Waals surface area contributed by atoms with E-state index in [0.717, 1.165) is 38.4 Å². The third-order valence-electron chi connectivity index (χ3n) is 5.00. The van der Waals surface area contributed by atoms with Crippen LogP contribution in [-0.2, 0) is 4.79 Å². The van der Waals surface area contributed by atoms with Crippen LogP contribution >= 0.6 is 0 Å². The molecular weight excluding hydrogens is 212 g/mol. The van der Waals surface area contributed by atoms with Crippen molar-refractivity contribution in [3.05, 3.63) is 0 Å². The van der Waals surface area contributed by atoms with Crippen LogP contribution in [0.5, 0.6) is 0 Å². The van der Waals surface area contributed by atoms with Gasteiger partial charge < -0.3 is 10.6 Å². The molecule has 0 aromatic carbocycles. The molecule has 17 heavy (non-hydrogen) atoms. The Morgan fingerprint density at radius 2 is 1.94 bits per heavy atom. The Balaban J connectivity index is 1.49. The summed E-state index contributed by atoms with van der Waals surface area (Å²) in [6.45, 7) is 3.23. The van der Waals surface area contributed by atoms with Crippen LogP contribution in [0.25, 0.3) is 0 Å². The van der Waals surface area contributed by atoms with Gasteiger partial charge >= 0.3 is 0 Å². The number of carbonyl (C=O) groups is 1. The summed E-state index contributed by atoms with van der Waals surface area (Å²) in [5, 5.41) is 6.58. The lowest BCUT2D eigenvalue weighted by Gasteiger charge is -2.34. The zero-order chi connectivity index (χ0) is 11.7. The number of carbonyl (C=O) groups excluding carboxylic acids is 1. The molecule has 1 spiro atoms. The minimum absolute atomic E-state index is 0.312. The Morgan fingerprint density at radius 1 is 1.18 bits per heavy atom. The smallest absolute Gasteiger partial charge is 0.223 e. The van der Waals surface area contributed by atoms with E-state index in [1.807, 2.05) is 0 Å². The van der Waals surface area contributed by atoms with E-state index in [9.17, 15) is 4.79 Å². The highest BCUT2D eigenvalue weighted by molar-refractivity contribution is 5.79. The van der Waals surface area contributed by atoms with Gasteiger partial charge in [-0.25, -0.2) is 0 Å². The molecule has 1 heterocycles. The molecule has 0 aromatic rings. The Labute approximate surface area is 104 Å². The molecule has 2 N–H and O–H groups in total. The summed E-state index contributed by atoms with van der Waals surface area (Å²) in [4.78, 5) is 12.1. The SMILES string of the molecule is O=C(NCC1CC1)[C@H]1CCC2(CCNCC2)C1. The normalized spacial score (nSPS) is 31.6. The average Bonchev–Trinajstić information content (AvgIpc) is 3.10. The average molecular weight is 236 g/mol. The largest absolute Gasteiger partial charge is 0.356 e. The summed E-state index contributed by atoms with van der Waals surface area (Å²) < 4.78 is 0. The van der Waals surface area contributed by atoms with Crippen LogP contribution in [0.3, 0.4) is 0 Å². The fraction of sp³-hybridized carbons (Fsp3) is 0.929. The Bertz CT molecular complexity index is 293. The van der Waals surface area contributed by atoms with Crippen molar-refractivity contribution in [1.82, 2.24) is 10.6 Å². The van der Waals surface area contributed by atoms with Gasteiger partial charge in [0, 0.05) is 12.5 Å². The van der Waals surface area contributed by atoms with Gasteiger partial charge in [0.25, 0.3) is 0 Å². The van der Waals surface area contributed by atoms with E-state index in [4.69, 9.17) is 0 Å². The van der Waals surface area contributed by atoms with Crippen molar-refractivity contribution >= 4 is 5.91 Å². The monoisotopic (exact) mass is 236 g/mol. The molecule has 2 aliphatic carbocycles. The predicted octanol–water partition coefficient (Wildman–Crippen LogP) is 1.68. The standard InChI is InChI=1S/C14H24N2O/c17-13(16-10-11-1-2-11)12-3-4-14(9-12)5-7-15-8-6-14/h11-12,15H,1-10H2,(H,16,17)/t12-/m0/s1. The molecule has 3 fully saturated rings. The molecule has 0 bridgehead atoms. The second-order valence-corrected chi connectivity index (χ2v) is 6.38. The van der Waals surface area contributed by atoms with Crippen molar-refractivity contribution in [1.29, 1.82) is 0 Å². The first-order valence-corrected chi connectivity index (χ1v) is 7.26. The third-order valence-corrected chi connectivity index (χ3v) is 5.00. The van der Waals surface area contributed by atoms with E-state index in [2.05, 4.69) is 10.6 Å². The third kappa shape index (κ3) is 2.65. The van der Waals surface area contributed by atoms with Crippen LogP contribution in [0.4, 0.5) is 0 Å². The molecular formula is C14H24N2O. The number of nitrogens with one attached hydrogen (secondary N) is 2. The minimum atomic E-state index is 0.312. The van der Waals surface area contributed by atoms with Crippen LogP contribution < -0.4 is 10.6 Å². The van der Waals surface area contributed by atoms with Crippen LogP contribution in [0.15, 0.2) is 0 Å². The molecule has 2 saturated carbocycles. The van der Waals surface area contributed by atoms with Crippen molar-refractivity contribution in [3.63, 3.8) is 0 Å². The van der Waals surface area contributed by atoms with Gasteiger partial charge in [-0.2, -0.15) is 0 Å². The van der Waals surface area contributed by atoms with Crippen LogP contribution in [0, 0.1) is 17.3 Å². The van der Waals surface area contributed by atoms with Gasteiger partial charge in [0.2, 0.25) is 5.91 Å². The van der Waals surface area contributed by atoms with E-state index in [0.29, 0.717) is 17.2 Å². The lowest BCUT2D eigenvalue weighted by Crippen LogP contribution is -2.36. The quantitative estimate of drug-likeness (QED) is 0.783. The highest BCUT2D eigenvalue weighted by atomic mass is 16.1. The molecule has 3 aliphatic rings. The topological polar surface area (TPSA) is 41.1 Å². The molecule has 3 nitrogen and oxygen atoms in total. The summed E-state index contributed by atoms with van der Waals surface area (Å²) in [5.74, 6) is 1.45. The molecule has 0 unspecified atom stereocenters. The molecule has 96 valence electrons. The van der Waals surface area contributed by atoms with Gasteiger partial charge in [0.05, 0.1) is 0 Å². The van der Waals surface area contributed by atoms with Crippen LogP contribution in [-0.4, -0.2) is 25.5 Å². The van der Waals surface area contributed by atoms with Crippen molar-refractivity contribution in [2.24, 2.45) is 17.3 Å². The zero-order valence-corrected chi connectivity index (χ0v) is 10.6. The summed E-state index contributed by atoms with van der Waals surface area (Å²) in [6, 6.07) is 0. The van der Waals surface area contributed by atoms with E-state index < -0.39 is 0 Å². The molecule has 1 amide bonds. The number of hydrogen-bond donors (Lipinski definition) is 2. The molecule has 1 saturated heterocycles. The maximum absolute atomic E-state index is 12.1. The zero-order valence-electron chi connectivity index (χ0n) is 10.6. The summed E-state index contributed by atoms with van der Waals surface area (Å²) >= 11 is 0. The van der Waals surface area contributed by atoms with E-state index in [-0.39, 0.29) is 0 Å². The van der Waals surface area contributed by atoms with Gasteiger partial charge in [0.1, 0.15) is 0 Å². The van der Waals surface area contributed by atoms with Gasteiger partial charge in [-0.05, 0) is 69.4 Å². The summed E-state index contributed by atoms with van der Waals surface area (Å²) in [7, 11) is 0. The van der Waals surface area contributed by atoms with Crippen LogP contribution in [0.1, 0.15) is 44.9 Å². The Kier molecular flexibility index (Phi) is 3.12. The number of amides is 1. The van der Waals surface area contributed by atoms with Crippen molar-refractivity contribution in [2.45, 2.75) is 44.9 Å². The Morgan fingerprint density at radius 3 is 2.65 bits per heavy atom. The number of hydrogen-bond acceptors (Lipinski definition) is 2. The summed E-state index contributed by atoms with van der Waals surface area (Å²) in [5.41, 5.74) is 0.507. The highest BCUT2D eigenvalue weighted by Gasteiger charge is 2.42. The fourth-order valence-corrected chi connectivity index (χ4v) is 3.55. The first-order valence-electron chi connectivity index (χ1n) is 7.26. The van der Waals surface area contributed by atoms with Gasteiger partial charge in [0.15, 0.2) is 0 Å². The van der Waals surface area contributed by atoms with Crippen LogP contribution in [0.2, 0.25) is 0 Å². The van der Waals surface area contributed by atoms with Gasteiger partial charge in [-0.3, -0.25) is 4.79 Å². The Hall–Kier alpha value is -0.570. The molecule has 3 rings (SSSR count). The maximum Gasteiger partial charge on any atom is 0.223 e. The van der Waals surface area contributed by atoms with E-state index in [1.165, 1.54) is 32.1 Å². The van der Waals surface area contributed by atoms with E-state index >= 15 is 0 Å². The molecule has 1 aliphatic heterocycles. The fourth-order valence-electron chi connectivity index (χ4n) is 3.55. The van der Waals surface area contributed by atoms with Crippen molar-refractivity contribution < 1.29 is 4.79 Å². The second kappa shape index (κ2) is 4.60. The summed E-state index contributed by atoms with van der Waals surface area (Å²) in [6.07, 6.45) is 8.73. The maximum atomic E-state index is 12.1. The number of piperidine rings is 1.